The molecule has 0 spiro atoms. The standard InChI is InChI=1S/C14H17FN2/c1-14(7-3-2-4-8-14)17-13-6-5-11(10-16)9-12(13)15/h5-6,9,17H,2-4,7-8H2,1H3. The van der Waals surface area contributed by atoms with Gasteiger partial charge in [0.05, 0.1) is 17.3 Å². The first-order valence-corrected chi connectivity index (χ1v) is 6.11. The fourth-order valence-corrected chi connectivity index (χ4v) is 2.47. The first-order chi connectivity index (χ1) is 8.13. The first-order valence-electron chi connectivity index (χ1n) is 6.11. The van der Waals surface area contributed by atoms with Gasteiger partial charge < -0.3 is 5.32 Å². The molecule has 17 heavy (non-hydrogen) atoms. The van der Waals surface area contributed by atoms with Crippen molar-refractivity contribution in [2.75, 3.05) is 5.32 Å². The average Bonchev–Trinajstić information content (AvgIpc) is 2.32. The van der Waals surface area contributed by atoms with Crippen LogP contribution in [0.3, 0.4) is 0 Å². The zero-order chi connectivity index (χ0) is 12.3. The lowest BCUT2D eigenvalue weighted by molar-refractivity contribution is 0.348. The van der Waals surface area contributed by atoms with E-state index in [1.165, 1.54) is 25.3 Å². The molecule has 0 aliphatic heterocycles. The molecular formula is C14H17FN2. The van der Waals surface area contributed by atoms with Crippen LogP contribution in [0.5, 0.6) is 0 Å². The fraction of sp³-hybridized carbons (Fsp3) is 0.500. The molecule has 0 atom stereocenters. The first kappa shape index (κ1) is 11.9. The second kappa shape index (κ2) is 4.75. The molecule has 1 fully saturated rings. The Hall–Kier alpha value is -1.56. The van der Waals surface area contributed by atoms with Gasteiger partial charge in [-0.2, -0.15) is 5.26 Å². The Balaban J connectivity index is 2.15. The fourth-order valence-electron chi connectivity index (χ4n) is 2.47. The van der Waals surface area contributed by atoms with Gasteiger partial charge in [0, 0.05) is 5.54 Å². The molecule has 1 aromatic rings. The van der Waals surface area contributed by atoms with Crippen molar-refractivity contribution in [1.29, 1.82) is 5.26 Å². The van der Waals surface area contributed by atoms with E-state index in [2.05, 4.69) is 12.2 Å². The number of anilines is 1. The van der Waals surface area contributed by atoms with Gasteiger partial charge in [0.2, 0.25) is 0 Å². The lowest BCUT2D eigenvalue weighted by atomic mass is 9.83. The van der Waals surface area contributed by atoms with Crippen molar-refractivity contribution < 1.29 is 4.39 Å². The van der Waals surface area contributed by atoms with E-state index in [0.29, 0.717) is 11.3 Å². The topological polar surface area (TPSA) is 35.8 Å². The van der Waals surface area contributed by atoms with E-state index in [0.717, 1.165) is 12.8 Å². The molecule has 2 nitrogen and oxygen atoms in total. The molecule has 0 amide bonds. The lowest BCUT2D eigenvalue weighted by Crippen LogP contribution is -2.37. The van der Waals surface area contributed by atoms with Crippen molar-refractivity contribution in [2.24, 2.45) is 0 Å². The number of nitrogens with one attached hydrogen (secondary N) is 1. The molecule has 2 rings (SSSR count). The minimum atomic E-state index is -0.337. The number of benzene rings is 1. The van der Waals surface area contributed by atoms with Crippen LogP contribution < -0.4 is 5.32 Å². The van der Waals surface area contributed by atoms with Crippen molar-refractivity contribution in [3.05, 3.63) is 29.6 Å². The molecule has 1 N–H and O–H groups in total. The third kappa shape index (κ3) is 2.76. The molecule has 1 aliphatic carbocycles. The molecule has 1 aromatic carbocycles. The second-order valence-electron chi connectivity index (χ2n) is 5.05. The summed E-state index contributed by atoms with van der Waals surface area (Å²) in [5.41, 5.74) is 0.864. The summed E-state index contributed by atoms with van der Waals surface area (Å²) in [7, 11) is 0. The summed E-state index contributed by atoms with van der Waals surface area (Å²) in [5, 5.41) is 12.0. The Labute approximate surface area is 101 Å². The van der Waals surface area contributed by atoms with Gasteiger partial charge in [-0.3, -0.25) is 0 Å². The number of nitrogens with zero attached hydrogens (tertiary/aromatic N) is 1. The predicted octanol–water partition coefficient (Wildman–Crippen LogP) is 3.83. The van der Waals surface area contributed by atoms with Gasteiger partial charge in [-0.05, 0) is 38.0 Å². The van der Waals surface area contributed by atoms with E-state index in [-0.39, 0.29) is 11.4 Å². The zero-order valence-electron chi connectivity index (χ0n) is 10.1. The smallest absolute Gasteiger partial charge is 0.147 e. The summed E-state index contributed by atoms with van der Waals surface area (Å²) in [6.07, 6.45) is 5.81. The molecule has 0 aromatic heterocycles. The van der Waals surface area contributed by atoms with E-state index < -0.39 is 0 Å². The van der Waals surface area contributed by atoms with Gasteiger partial charge in [0.25, 0.3) is 0 Å². The van der Waals surface area contributed by atoms with Gasteiger partial charge in [0.1, 0.15) is 5.82 Å². The number of nitriles is 1. The largest absolute Gasteiger partial charge is 0.378 e. The summed E-state index contributed by atoms with van der Waals surface area (Å²) in [5.74, 6) is -0.337. The molecule has 0 radical (unpaired) electrons. The Bertz CT molecular complexity index is 442. The summed E-state index contributed by atoms with van der Waals surface area (Å²) >= 11 is 0. The van der Waals surface area contributed by atoms with Crippen LogP contribution in [0.4, 0.5) is 10.1 Å². The number of hydrogen-bond donors (Lipinski definition) is 1. The summed E-state index contributed by atoms with van der Waals surface area (Å²) < 4.78 is 13.7. The van der Waals surface area contributed by atoms with Crippen molar-refractivity contribution >= 4 is 5.69 Å². The predicted molar refractivity (Wildman–Crippen MR) is 66.2 cm³/mol. The molecule has 3 heteroatoms. The van der Waals surface area contributed by atoms with Crippen molar-refractivity contribution in [2.45, 2.75) is 44.6 Å². The van der Waals surface area contributed by atoms with Gasteiger partial charge in [-0.15, -0.1) is 0 Å². The Morgan fingerprint density at radius 2 is 2.00 bits per heavy atom. The minimum absolute atomic E-state index is 0.00670. The summed E-state index contributed by atoms with van der Waals surface area (Å²) in [4.78, 5) is 0. The van der Waals surface area contributed by atoms with Crippen LogP contribution in [0.2, 0.25) is 0 Å². The molecule has 0 heterocycles. The normalized spacial score (nSPS) is 18.4. The van der Waals surface area contributed by atoms with Crippen molar-refractivity contribution in [3.63, 3.8) is 0 Å². The quantitative estimate of drug-likeness (QED) is 0.841. The zero-order valence-corrected chi connectivity index (χ0v) is 10.1. The summed E-state index contributed by atoms with van der Waals surface area (Å²) in [6.45, 7) is 2.14. The second-order valence-corrected chi connectivity index (χ2v) is 5.05. The van der Waals surface area contributed by atoms with Crippen LogP contribution >= 0.6 is 0 Å². The SMILES string of the molecule is CC1(Nc2ccc(C#N)cc2F)CCCCC1. The molecule has 0 unspecified atom stereocenters. The van der Waals surface area contributed by atoms with Crippen molar-refractivity contribution in [3.8, 4) is 6.07 Å². The monoisotopic (exact) mass is 232 g/mol. The van der Waals surface area contributed by atoms with E-state index in [4.69, 9.17) is 5.26 Å². The maximum absolute atomic E-state index is 13.7. The number of rotatable bonds is 2. The van der Waals surface area contributed by atoms with Crippen LogP contribution in [0, 0.1) is 17.1 Å². The minimum Gasteiger partial charge on any atom is -0.378 e. The van der Waals surface area contributed by atoms with Crippen molar-refractivity contribution in [1.82, 2.24) is 0 Å². The van der Waals surface area contributed by atoms with Gasteiger partial charge in [0.15, 0.2) is 0 Å². The maximum Gasteiger partial charge on any atom is 0.147 e. The van der Waals surface area contributed by atoms with Crippen LogP contribution in [0.1, 0.15) is 44.6 Å². The molecule has 1 saturated carbocycles. The third-order valence-corrected chi connectivity index (χ3v) is 3.49. The summed E-state index contributed by atoms with van der Waals surface area (Å²) in [6, 6.07) is 6.54. The van der Waals surface area contributed by atoms with Crippen LogP contribution in [0.25, 0.3) is 0 Å². The molecular weight excluding hydrogens is 215 g/mol. The lowest BCUT2D eigenvalue weighted by Gasteiger charge is -2.35. The highest BCUT2D eigenvalue weighted by molar-refractivity contribution is 5.50. The van der Waals surface area contributed by atoms with Gasteiger partial charge in [-0.25, -0.2) is 4.39 Å². The number of halogens is 1. The third-order valence-electron chi connectivity index (χ3n) is 3.49. The molecule has 90 valence electrons. The highest BCUT2D eigenvalue weighted by Gasteiger charge is 2.27. The average molecular weight is 232 g/mol. The maximum atomic E-state index is 13.7. The van der Waals surface area contributed by atoms with E-state index in [1.807, 2.05) is 6.07 Å². The Morgan fingerprint density at radius 3 is 2.59 bits per heavy atom. The van der Waals surface area contributed by atoms with E-state index >= 15 is 0 Å². The molecule has 1 aliphatic rings. The van der Waals surface area contributed by atoms with Gasteiger partial charge in [-0.1, -0.05) is 19.3 Å². The van der Waals surface area contributed by atoms with E-state index in [1.54, 1.807) is 12.1 Å². The van der Waals surface area contributed by atoms with Gasteiger partial charge >= 0.3 is 0 Å². The highest BCUT2D eigenvalue weighted by Crippen LogP contribution is 2.32. The number of hydrogen-bond acceptors (Lipinski definition) is 2. The van der Waals surface area contributed by atoms with Crippen LogP contribution in [-0.2, 0) is 0 Å². The van der Waals surface area contributed by atoms with Crippen LogP contribution in [-0.4, -0.2) is 5.54 Å². The molecule has 0 bridgehead atoms. The Morgan fingerprint density at radius 1 is 1.29 bits per heavy atom. The van der Waals surface area contributed by atoms with Crippen LogP contribution in [0.15, 0.2) is 18.2 Å². The van der Waals surface area contributed by atoms with E-state index in [9.17, 15) is 4.39 Å². The molecule has 0 saturated heterocycles. The highest BCUT2D eigenvalue weighted by atomic mass is 19.1. The Kier molecular flexibility index (Phi) is 3.33.